The van der Waals surface area contributed by atoms with E-state index in [0.717, 1.165) is 11.5 Å². The van der Waals surface area contributed by atoms with E-state index in [0.29, 0.717) is 17.2 Å². The van der Waals surface area contributed by atoms with Crippen LogP contribution in [0.25, 0.3) is 0 Å². The summed E-state index contributed by atoms with van der Waals surface area (Å²) in [7, 11) is 4.08. The summed E-state index contributed by atoms with van der Waals surface area (Å²) >= 11 is 2.95. The van der Waals surface area contributed by atoms with Crippen molar-refractivity contribution in [2.45, 2.75) is 10.1 Å². The van der Waals surface area contributed by atoms with Crippen molar-refractivity contribution in [1.82, 2.24) is 4.90 Å². The monoisotopic (exact) mass is 371 g/mol. The van der Waals surface area contributed by atoms with Crippen LogP contribution in [0.15, 0.2) is 60.7 Å². The van der Waals surface area contributed by atoms with E-state index in [-0.39, 0.29) is 11.6 Å². The van der Waals surface area contributed by atoms with Crippen molar-refractivity contribution >= 4 is 35.1 Å². The van der Waals surface area contributed by atoms with Crippen molar-refractivity contribution in [3.63, 3.8) is 0 Å². The summed E-state index contributed by atoms with van der Waals surface area (Å²) in [6.07, 6.45) is 0. The number of Topliss-reactive ketones (excluding diaryl/α,β-unsaturated/α-hetero) is 2. The minimum absolute atomic E-state index is 0.103. The van der Waals surface area contributed by atoms with Gasteiger partial charge in [-0.3, -0.25) is 9.59 Å². The van der Waals surface area contributed by atoms with Crippen LogP contribution in [-0.2, 0) is 0 Å². The number of benzene rings is 2. The number of hydrogen-bond acceptors (Lipinski definition) is 5. The van der Waals surface area contributed by atoms with Gasteiger partial charge in [-0.15, -0.1) is 23.5 Å². The SMILES string of the molecule is CN(C)C1CSC(C(=O)c2ccccc2)(C(=O)c2ccccc2)SC1. The number of nitrogens with zero attached hydrogens (tertiary/aromatic N) is 1. The van der Waals surface area contributed by atoms with Crippen molar-refractivity contribution in [2.75, 3.05) is 25.6 Å². The van der Waals surface area contributed by atoms with Gasteiger partial charge in [0.25, 0.3) is 0 Å². The maximum Gasteiger partial charge on any atom is 0.196 e. The minimum atomic E-state index is -1.10. The smallest absolute Gasteiger partial charge is 0.196 e. The third kappa shape index (κ3) is 3.68. The fraction of sp³-hybridized carbons (Fsp3) is 0.300. The van der Waals surface area contributed by atoms with Gasteiger partial charge in [-0.05, 0) is 14.1 Å². The average molecular weight is 372 g/mol. The Morgan fingerprint density at radius 3 is 1.60 bits per heavy atom. The van der Waals surface area contributed by atoms with Crippen LogP contribution in [0.2, 0.25) is 0 Å². The maximum absolute atomic E-state index is 13.3. The zero-order valence-corrected chi connectivity index (χ0v) is 16.0. The first-order chi connectivity index (χ1) is 12.0. The van der Waals surface area contributed by atoms with Gasteiger partial charge in [0, 0.05) is 28.7 Å². The predicted molar refractivity (Wildman–Crippen MR) is 107 cm³/mol. The molecule has 0 unspecified atom stereocenters. The molecule has 3 nitrogen and oxygen atoms in total. The Morgan fingerprint density at radius 2 is 1.24 bits per heavy atom. The van der Waals surface area contributed by atoms with Gasteiger partial charge in [-0.1, -0.05) is 60.7 Å². The molecule has 0 atom stereocenters. The molecular weight excluding hydrogens is 350 g/mol. The van der Waals surface area contributed by atoms with E-state index in [1.54, 1.807) is 24.3 Å². The standard InChI is InChI=1S/C20H21NO2S2/c1-21(2)17-13-24-20(25-14-17,18(22)15-9-5-3-6-10-15)19(23)16-11-7-4-8-12-16/h3-12,17H,13-14H2,1-2H3. The van der Waals surface area contributed by atoms with Crippen LogP contribution < -0.4 is 0 Å². The zero-order valence-electron chi connectivity index (χ0n) is 14.3. The first-order valence-corrected chi connectivity index (χ1v) is 10.2. The van der Waals surface area contributed by atoms with E-state index in [4.69, 9.17) is 0 Å². The van der Waals surface area contributed by atoms with Gasteiger partial charge in [-0.25, -0.2) is 0 Å². The van der Waals surface area contributed by atoms with Gasteiger partial charge in [-0.2, -0.15) is 0 Å². The molecule has 2 aromatic rings. The van der Waals surface area contributed by atoms with Crippen molar-refractivity contribution in [1.29, 1.82) is 0 Å². The second-order valence-electron chi connectivity index (χ2n) is 6.25. The molecule has 25 heavy (non-hydrogen) atoms. The maximum atomic E-state index is 13.3. The van der Waals surface area contributed by atoms with Crippen molar-refractivity contribution in [3.05, 3.63) is 71.8 Å². The van der Waals surface area contributed by atoms with Crippen LogP contribution >= 0.6 is 23.5 Å². The molecule has 1 aliphatic heterocycles. The highest BCUT2D eigenvalue weighted by Crippen LogP contribution is 2.47. The molecule has 1 heterocycles. The molecular formula is C20H21NO2S2. The van der Waals surface area contributed by atoms with E-state index >= 15 is 0 Å². The lowest BCUT2D eigenvalue weighted by atomic mass is 10.0. The molecule has 0 N–H and O–H groups in total. The largest absolute Gasteiger partial charge is 0.305 e. The van der Waals surface area contributed by atoms with Crippen LogP contribution in [0.3, 0.4) is 0 Å². The van der Waals surface area contributed by atoms with Crippen molar-refractivity contribution < 1.29 is 9.59 Å². The molecule has 0 aliphatic carbocycles. The Kier molecular flexibility index (Phi) is 5.67. The summed E-state index contributed by atoms with van der Waals surface area (Å²) < 4.78 is -1.10. The molecule has 0 amide bonds. The highest BCUT2D eigenvalue weighted by Gasteiger charge is 2.50. The molecule has 5 heteroatoms. The van der Waals surface area contributed by atoms with Crippen molar-refractivity contribution in [2.24, 2.45) is 0 Å². The first kappa shape index (κ1) is 18.2. The number of hydrogen-bond donors (Lipinski definition) is 0. The fourth-order valence-electron chi connectivity index (χ4n) is 2.74. The average Bonchev–Trinajstić information content (AvgIpc) is 2.68. The van der Waals surface area contributed by atoms with E-state index in [9.17, 15) is 9.59 Å². The topological polar surface area (TPSA) is 37.4 Å². The van der Waals surface area contributed by atoms with Crippen LogP contribution in [-0.4, -0.2) is 52.2 Å². The first-order valence-electron chi connectivity index (χ1n) is 8.18. The van der Waals surface area contributed by atoms with Crippen LogP contribution in [0.5, 0.6) is 0 Å². The molecule has 1 saturated heterocycles. The molecule has 1 fully saturated rings. The van der Waals surface area contributed by atoms with Gasteiger partial charge in [0.15, 0.2) is 15.6 Å². The van der Waals surface area contributed by atoms with Gasteiger partial charge in [0.2, 0.25) is 0 Å². The van der Waals surface area contributed by atoms with Crippen molar-refractivity contribution in [3.8, 4) is 0 Å². The fourth-order valence-corrected chi connectivity index (χ4v) is 6.31. The number of carbonyl (C=O) groups is 2. The van der Waals surface area contributed by atoms with E-state index in [1.165, 1.54) is 23.5 Å². The summed E-state index contributed by atoms with van der Waals surface area (Å²) in [6.45, 7) is 0. The third-order valence-corrected chi connectivity index (χ3v) is 7.72. The van der Waals surface area contributed by atoms with Crippen LogP contribution in [0.4, 0.5) is 0 Å². The number of carbonyl (C=O) groups excluding carboxylic acids is 2. The molecule has 1 aliphatic rings. The second kappa shape index (κ2) is 7.77. The molecule has 0 radical (unpaired) electrons. The number of rotatable bonds is 5. The Labute approximate surface area is 157 Å². The minimum Gasteiger partial charge on any atom is -0.305 e. The molecule has 130 valence electrons. The second-order valence-corrected chi connectivity index (χ2v) is 8.97. The quantitative estimate of drug-likeness (QED) is 0.589. The molecule has 0 saturated carbocycles. The lowest BCUT2D eigenvalue weighted by Gasteiger charge is -2.38. The lowest BCUT2D eigenvalue weighted by molar-refractivity contribution is 0.0886. The van der Waals surface area contributed by atoms with Crippen LogP contribution in [0.1, 0.15) is 20.7 Å². The van der Waals surface area contributed by atoms with E-state index in [1.807, 2.05) is 50.5 Å². The molecule has 2 aromatic carbocycles. The highest BCUT2D eigenvalue weighted by atomic mass is 32.2. The van der Waals surface area contributed by atoms with Gasteiger partial charge in [0.1, 0.15) is 0 Å². The lowest BCUT2D eigenvalue weighted by Crippen LogP contribution is -2.48. The predicted octanol–water partition coefficient (Wildman–Crippen LogP) is 3.86. The number of thioether (sulfide) groups is 2. The highest BCUT2D eigenvalue weighted by molar-refractivity contribution is 8.21. The Bertz CT molecular complexity index is 685. The summed E-state index contributed by atoms with van der Waals surface area (Å²) in [5.74, 6) is 1.32. The summed E-state index contributed by atoms with van der Waals surface area (Å²) in [6, 6.07) is 18.7. The van der Waals surface area contributed by atoms with Crippen LogP contribution in [0, 0.1) is 0 Å². The number of ketones is 2. The molecule has 0 bridgehead atoms. The molecule has 0 spiro atoms. The Balaban J connectivity index is 1.98. The summed E-state index contributed by atoms with van der Waals surface area (Å²) in [5.41, 5.74) is 1.19. The summed E-state index contributed by atoms with van der Waals surface area (Å²) in [5, 5.41) is 0. The molecule has 3 rings (SSSR count). The van der Waals surface area contributed by atoms with Gasteiger partial charge < -0.3 is 4.90 Å². The van der Waals surface area contributed by atoms with Gasteiger partial charge >= 0.3 is 0 Å². The Hall–Kier alpha value is -1.56. The van der Waals surface area contributed by atoms with E-state index in [2.05, 4.69) is 4.90 Å². The molecule has 0 aromatic heterocycles. The zero-order chi connectivity index (χ0) is 17.9. The van der Waals surface area contributed by atoms with Gasteiger partial charge in [0.05, 0.1) is 0 Å². The van der Waals surface area contributed by atoms with E-state index < -0.39 is 4.08 Å². The normalized spacial score (nSPS) is 17.4. The summed E-state index contributed by atoms with van der Waals surface area (Å²) in [4.78, 5) is 28.8. The third-order valence-electron chi connectivity index (χ3n) is 4.36. The Morgan fingerprint density at radius 1 is 0.840 bits per heavy atom.